The van der Waals surface area contributed by atoms with E-state index in [9.17, 15) is 13.2 Å². The Hall–Kier alpha value is -1.43. The number of pyridine rings is 1. The highest BCUT2D eigenvalue weighted by Gasteiger charge is 2.12. The Bertz CT molecular complexity index is 467. The molecule has 0 bridgehead atoms. The van der Waals surface area contributed by atoms with Gasteiger partial charge in [0.15, 0.2) is 9.84 Å². The minimum atomic E-state index is -3.34. The molecule has 0 aliphatic heterocycles. The van der Waals surface area contributed by atoms with Gasteiger partial charge in [0.25, 0.3) is 0 Å². The van der Waals surface area contributed by atoms with Gasteiger partial charge in [-0.05, 0) is 13.0 Å². The van der Waals surface area contributed by atoms with Crippen LogP contribution in [0.3, 0.4) is 0 Å². The van der Waals surface area contributed by atoms with Crippen molar-refractivity contribution < 1.29 is 17.9 Å². The molecular formula is C9H11NO4S. The van der Waals surface area contributed by atoms with Crippen molar-refractivity contribution in [3.63, 3.8) is 0 Å². The molecule has 0 fully saturated rings. The van der Waals surface area contributed by atoms with Crippen molar-refractivity contribution in [3.05, 3.63) is 24.0 Å². The summed E-state index contributed by atoms with van der Waals surface area (Å²) in [6.45, 7) is 1.91. The molecule has 1 rings (SSSR count). The molecule has 0 aliphatic carbocycles. The van der Waals surface area contributed by atoms with Crippen LogP contribution in [0.2, 0.25) is 0 Å². The Balaban J connectivity index is 3.09. The molecule has 1 aromatic heterocycles. The molecule has 0 saturated heterocycles. The summed E-state index contributed by atoms with van der Waals surface area (Å²) in [4.78, 5) is 14.9. The number of sulfone groups is 1. The van der Waals surface area contributed by atoms with Crippen molar-refractivity contribution in [2.24, 2.45) is 0 Å². The molecule has 0 unspecified atom stereocenters. The highest BCUT2D eigenvalue weighted by Crippen LogP contribution is 2.10. The molecule has 0 atom stereocenters. The molecule has 0 radical (unpaired) electrons. The normalized spacial score (nSPS) is 11.1. The fraction of sp³-hybridized carbons (Fsp3) is 0.333. The molecule has 6 heteroatoms. The zero-order valence-corrected chi connectivity index (χ0v) is 9.24. The highest BCUT2D eigenvalue weighted by molar-refractivity contribution is 7.90. The smallest absolute Gasteiger partial charge is 0.339 e. The van der Waals surface area contributed by atoms with Gasteiger partial charge in [-0.1, -0.05) is 0 Å². The molecule has 15 heavy (non-hydrogen) atoms. The summed E-state index contributed by atoms with van der Waals surface area (Å²) >= 11 is 0. The van der Waals surface area contributed by atoms with E-state index in [0.717, 1.165) is 6.26 Å². The van der Waals surface area contributed by atoms with Crippen LogP contribution in [0.1, 0.15) is 17.3 Å². The van der Waals surface area contributed by atoms with Crippen LogP contribution in [0, 0.1) is 0 Å². The largest absolute Gasteiger partial charge is 0.462 e. The van der Waals surface area contributed by atoms with E-state index >= 15 is 0 Å². The lowest BCUT2D eigenvalue weighted by Crippen LogP contribution is -2.07. The molecule has 0 N–H and O–H groups in total. The Morgan fingerprint density at radius 3 is 2.67 bits per heavy atom. The van der Waals surface area contributed by atoms with Gasteiger partial charge in [-0.2, -0.15) is 0 Å². The van der Waals surface area contributed by atoms with E-state index in [4.69, 9.17) is 4.74 Å². The summed E-state index contributed by atoms with van der Waals surface area (Å²) < 4.78 is 27.1. The third-order valence-electron chi connectivity index (χ3n) is 1.65. The van der Waals surface area contributed by atoms with Crippen LogP contribution < -0.4 is 0 Å². The average Bonchev–Trinajstić information content (AvgIpc) is 2.17. The fourth-order valence-electron chi connectivity index (χ4n) is 0.948. The Morgan fingerprint density at radius 1 is 1.47 bits per heavy atom. The van der Waals surface area contributed by atoms with Crippen molar-refractivity contribution >= 4 is 15.8 Å². The molecule has 0 aliphatic rings. The first-order valence-corrected chi connectivity index (χ1v) is 6.16. The van der Waals surface area contributed by atoms with E-state index in [1.54, 1.807) is 6.92 Å². The Kier molecular flexibility index (Phi) is 3.41. The van der Waals surface area contributed by atoms with Gasteiger partial charge in [0.05, 0.1) is 17.1 Å². The molecule has 82 valence electrons. The summed E-state index contributed by atoms with van der Waals surface area (Å²) in [5.74, 6) is -0.574. The second-order valence-electron chi connectivity index (χ2n) is 2.90. The molecule has 0 amide bonds. The van der Waals surface area contributed by atoms with E-state index in [2.05, 4.69) is 4.98 Å². The van der Waals surface area contributed by atoms with E-state index in [1.807, 2.05) is 0 Å². The second kappa shape index (κ2) is 4.39. The number of carbonyl (C=O) groups is 1. The topological polar surface area (TPSA) is 73.3 Å². The molecule has 0 saturated carbocycles. The number of ether oxygens (including phenoxy) is 1. The Morgan fingerprint density at radius 2 is 2.13 bits per heavy atom. The molecule has 0 spiro atoms. The van der Waals surface area contributed by atoms with Gasteiger partial charge in [0.2, 0.25) is 0 Å². The predicted molar refractivity (Wildman–Crippen MR) is 53.3 cm³/mol. The SMILES string of the molecule is CCOC(=O)c1cncc(S(C)(=O)=O)c1. The van der Waals surface area contributed by atoms with Gasteiger partial charge in [-0.3, -0.25) is 4.98 Å². The number of aromatic nitrogens is 1. The summed E-state index contributed by atoms with van der Waals surface area (Å²) in [7, 11) is -3.34. The average molecular weight is 229 g/mol. The van der Waals surface area contributed by atoms with Crippen LogP contribution in [-0.2, 0) is 14.6 Å². The van der Waals surface area contributed by atoms with Gasteiger partial charge < -0.3 is 4.74 Å². The first-order valence-electron chi connectivity index (χ1n) is 4.27. The van der Waals surface area contributed by atoms with Gasteiger partial charge in [0, 0.05) is 18.6 Å². The maximum atomic E-state index is 11.3. The van der Waals surface area contributed by atoms with Crippen LogP contribution in [0.5, 0.6) is 0 Å². The van der Waals surface area contributed by atoms with Gasteiger partial charge >= 0.3 is 5.97 Å². The minimum Gasteiger partial charge on any atom is -0.462 e. The highest BCUT2D eigenvalue weighted by atomic mass is 32.2. The van der Waals surface area contributed by atoms with E-state index in [0.29, 0.717) is 0 Å². The van der Waals surface area contributed by atoms with Crippen LogP contribution in [0.4, 0.5) is 0 Å². The fourth-order valence-corrected chi connectivity index (χ4v) is 1.54. The summed E-state index contributed by atoms with van der Waals surface area (Å²) in [6.07, 6.45) is 3.52. The standard InChI is InChI=1S/C9H11NO4S/c1-3-14-9(11)7-4-8(6-10-5-7)15(2,12)13/h4-6H,3H2,1-2H3. The van der Waals surface area contributed by atoms with Crippen LogP contribution >= 0.6 is 0 Å². The third kappa shape index (κ3) is 3.02. The summed E-state index contributed by atoms with van der Waals surface area (Å²) in [6, 6.07) is 1.25. The molecule has 1 aromatic rings. The Labute approximate surface area is 88.0 Å². The minimum absolute atomic E-state index is 0.00746. The lowest BCUT2D eigenvalue weighted by molar-refractivity contribution is 0.0525. The van der Waals surface area contributed by atoms with E-state index in [-0.39, 0.29) is 17.1 Å². The predicted octanol–water partition coefficient (Wildman–Crippen LogP) is 0.662. The first kappa shape index (κ1) is 11.6. The number of hydrogen-bond donors (Lipinski definition) is 0. The quantitative estimate of drug-likeness (QED) is 0.712. The van der Waals surface area contributed by atoms with Gasteiger partial charge in [-0.15, -0.1) is 0 Å². The zero-order valence-electron chi connectivity index (χ0n) is 8.43. The van der Waals surface area contributed by atoms with Crippen molar-refractivity contribution in [1.29, 1.82) is 0 Å². The lowest BCUT2D eigenvalue weighted by Gasteiger charge is -2.02. The van der Waals surface area contributed by atoms with Gasteiger partial charge in [-0.25, -0.2) is 13.2 Å². The molecular weight excluding hydrogens is 218 g/mol. The maximum Gasteiger partial charge on any atom is 0.339 e. The molecule has 1 heterocycles. The monoisotopic (exact) mass is 229 g/mol. The maximum absolute atomic E-state index is 11.3. The zero-order chi connectivity index (χ0) is 11.5. The number of esters is 1. The second-order valence-corrected chi connectivity index (χ2v) is 4.92. The van der Waals surface area contributed by atoms with Crippen LogP contribution in [-0.4, -0.2) is 32.2 Å². The van der Waals surface area contributed by atoms with Crippen molar-refractivity contribution in [2.75, 3.05) is 12.9 Å². The van der Waals surface area contributed by atoms with Crippen LogP contribution in [0.15, 0.2) is 23.4 Å². The van der Waals surface area contributed by atoms with Gasteiger partial charge in [0.1, 0.15) is 0 Å². The van der Waals surface area contributed by atoms with Crippen molar-refractivity contribution in [1.82, 2.24) is 4.98 Å². The first-order chi connectivity index (χ1) is 6.95. The number of nitrogens with zero attached hydrogens (tertiary/aromatic N) is 1. The van der Waals surface area contributed by atoms with Crippen LogP contribution in [0.25, 0.3) is 0 Å². The summed E-state index contributed by atoms with van der Waals surface area (Å²) in [5, 5.41) is 0. The number of carbonyl (C=O) groups excluding carboxylic acids is 1. The van der Waals surface area contributed by atoms with Crippen molar-refractivity contribution in [3.8, 4) is 0 Å². The molecule has 5 nitrogen and oxygen atoms in total. The number of hydrogen-bond acceptors (Lipinski definition) is 5. The summed E-state index contributed by atoms with van der Waals surface area (Å²) in [5.41, 5.74) is 0.139. The third-order valence-corrected chi connectivity index (χ3v) is 2.73. The number of rotatable bonds is 3. The lowest BCUT2D eigenvalue weighted by atomic mass is 10.3. The van der Waals surface area contributed by atoms with E-state index in [1.165, 1.54) is 18.5 Å². The molecule has 0 aromatic carbocycles. The van der Waals surface area contributed by atoms with Crippen molar-refractivity contribution in [2.45, 2.75) is 11.8 Å². The van der Waals surface area contributed by atoms with E-state index < -0.39 is 15.8 Å².